The fraction of sp³-hybridized carbons (Fsp3) is 0.318. The first-order chi connectivity index (χ1) is 13.3. The van der Waals surface area contributed by atoms with Crippen molar-refractivity contribution in [3.63, 3.8) is 0 Å². The van der Waals surface area contributed by atoms with Crippen molar-refractivity contribution in [1.29, 1.82) is 0 Å². The summed E-state index contributed by atoms with van der Waals surface area (Å²) in [4.78, 5) is 14.9. The molecular formula is C22H25N3O2. The highest BCUT2D eigenvalue weighted by molar-refractivity contribution is 5.89. The lowest BCUT2D eigenvalue weighted by Crippen LogP contribution is -2.41. The predicted octanol–water partition coefficient (Wildman–Crippen LogP) is 2.76. The van der Waals surface area contributed by atoms with E-state index in [-0.39, 0.29) is 5.91 Å². The van der Waals surface area contributed by atoms with Gasteiger partial charge in [0.25, 0.3) is 0 Å². The van der Waals surface area contributed by atoms with Crippen LogP contribution in [0.4, 0.5) is 0 Å². The molecule has 2 heterocycles. The third-order valence-corrected chi connectivity index (χ3v) is 5.04. The Kier molecular flexibility index (Phi) is 5.51. The van der Waals surface area contributed by atoms with Gasteiger partial charge in [-0.05, 0) is 17.7 Å². The first-order valence-corrected chi connectivity index (χ1v) is 9.52. The van der Waals surface area contributed by atoms with Crippen LogP contribution >= 0.6 is 0 Å². The van der Waals surface area contributed by atoms with Gasteiger partial charge in [-0.3, -0.25) is 9.69 Å². The number of aromatic nitrogens is 1. The van der Waals surface area contributed by atoms with E-state index in [9.17, 15) is 4.79 Å². The maximum Gasteiger partial charge on any atom is 0.240 e. The van der Waals surface area contributed by atoms with Crippen molar-refractivity contribution >= 4 is 16.8 Å². The van der Waals surface area contributed by atoms with Gasteiger partial charge < -0.3 is 14.6 Å². The van der Waals surface area contributed by atoms with Gasteiger partial charge >= 0.3 is 0 Å². The maximum atomic E-state index is 12.6. The summed E-state index contributed by atoms with van der Waals surface area (Å²) in [5.41, 5.74) is 3.27. The highest BCUT2D eigenvalue weighted by atomic mass is 16.5. The van der Waals surface area contributed by atoms with E-state index in [1.807, 2.05) is 30.3 Å². The summed E-state index contributed by atoms with van der Waals surface area (Å²) in [6.07, 6.45) is 0. The van der Waals surface area contributed by atoms with Gasteiger partial charge in [-0.1, -0.05) is 48.5 Å². The molecule has 1 aliphatic rings. The Hall–Kier alpha value is -2.63. The van der Waals surface area contributed by atoms with E-state index in [4.69, 9.17) is 4.74 Å². The largest absolute Gasteiger partial charge is 0.379 e. The molecule has 1 aliphatic heterocycles. The molecule has 0 saturated carbocycles. The van der Waals surface area contributed by atoms with Gasteiger partial charge in [0.2, 0.25) is 5.91 Å². The van der Waals surface area contributed by atoms with Crippen LogP contribution < -0.4 is 5.32 Å². The molecule has 4 rings (SSSR count). The molecule has 1 saturated heterocycles. The van der Waals surface area contributed by atoms with Crippen LogP contribution in [-0.4, -0.2) is 54.8 Å². The molecule has 3 aromatic rings. The van der Waals surface area contributed by atoms with Crippen LogP contribution in [0.2, 0.25) is 0 Å². The molecule has 1 aromatic heterocycles. The van der Waals surface area contributed by atoms with E-state index in [2.05, 4.69) is 45.1 Å². The minimum atomic E-state index is 0.0433. The standard InChI is InChI=1S/C22H25N3O2/c26-22(23-10-11-24-12-14-27-15-13-24)17-25-20-9-5-4-8-19(20)16-21(25)18-6-2-1-3-7-18/h1-9,16H,10-15,17H2,(H,23,26). The van der Waals surface area contributed by atoms with Gasteiger partial charge in [0.1, 0.15) is 6.54 Å². The number of nitrogens with zero attached hydrogens (tertiary/aromatic N) is 2. The second kappa shape index (κ2) is 8.37. The average Bonchev–Trinajstić information content (AvgIpc) is 3.08. The monoisotopic (exact) mass is 363 g/mol. The molecule has 1 N–H and O–H groups in total. The van der Waals surface area contributed by atoms with Crippen molar-refractivity contribution in [2.75, 3.05) is 39.4 Å². The van der Waals surface area contributed by atoms with Gasteiger partial charge in [0, 0.05) is 42.8 Å². The number of carbonyl (C=O) groups excluding carboxylic acids is 1. The van der Waals surface area contributed by atoms with Gasteiger partial charge in [0.15, 0.2) is 0 Å². The van der Waals surface area contributed by atoms with Gasteiger partial charge in [0.05, 0.1) is 13.2 Å². The minimum Gasteiger partial charge on any atom is -0.379 e. The van der Waals surface area contributed by atoms with Crippen LogP contribution in [0, 0.1) is 0 Å². The van der Waals surface area contributed by atoms with Crippen LogP contribution in [0.1, 0.15) is 0 Å². The fourth-order valence-electron chi connectivity index (χ4n) is 3.61. The number of fused-ring (bicyclic) bond motifs is 1. The molecular weight excluding hydrogens is 338 g/mol. The molecule has 2 aromatic carbocycles. The number of nitrogens with one attached hydrogen (secondary N) is 1. The lowest BCUT2D eigenvalue weighted by molar-refractivity contribution is -0.121. The highest BCUT2D eigenvalue weighted by Gasteiger charge is 2.14. The van der Waals surface area contributed by atoms with E-state index in [0.29, 0.717) is 13.1 Å². The molecule has 140 valence electrons. The molecule has 0 aliphatic carbocycles. The zero-order chi connectivity index (χ0) is 18.5. The third kappa shape index (κ3) is 4.21. The number of amides is 1. The number of hydrogen-bond acceptors (Lipinski definition) is 3. The SMILES string of the molecule is O=C(Cn1c(-c2ccccc2)cc2ccccc21)NCCN1CCOCC1. The molecule has 5 nitrogen and oxygen atoms in total. The summed E-state index contributed by atoms with van der Waals surface area (Å²) < 4.78 is 7.47. The fourth-order valence-corrected chi connectivity index (χ4v) is 3.61. The summed E-state index contributed by atoms with van der Waals surface area (Å²) in [5, 5.41) is 4.22. The van der Waals surface area contributed by atoms with Crippen molar-refractivity contribution in [2.24, 2.45) is 0 Å². The summed E-state index contributed by atoms with van der Waals surface area (Å²) in [6.45, 7) is 5.30. The first kappa shape index (κ1) is 17.8. The highest BCUT2D eigenvalue weighted by Crippen LogP contribution is 2.28. The summed E-state index contributed by atoms with van der Waals surface area (Å²) >= 11 is 0. The second-order valence-corrected chi connectivity index (χ2v) is 6.84. The number of ether oxygens (including phenoxy) is 1. The summed E-state index contributed by atoms with van der Waals surface area (Å²) in [7, 11) is 0. The molecule has 0 radical (unpaired) electrons. The molecule has 0 atom stereocenters. The van der Waals surface area contributed by atoms with E-state index >= 15 is 0 Å². The number of benzene rings is 2. The van der Waals surface area contributed by atoms with Crippen molar-refractivity contribution in [3.8, 4) is 11.3 Å². The van der Waals surface area contributed by atoms with E-state index in [0.717, 1.165) is 55.0 Å². The zero-order valence-electron chi connectivity index (χ0n) is 15.4. The van der Waals surface area contributed by atoms with Crippen LogP contribution in [0.3, 0.4) is 0 Å². The quantitative estimate of drug-likeness (QED) is 0.733. The Bertz CT molecular complexity index is 898. The zero-order valence-corrected chi connectivity index (χ0v) is 15.4. The first-order valence-electron chi connectivity index (χ1n) is 9.52. The Labute approximate surface area is 159 Å². The Balaban J connectivity index is 1.48. The summed E-state index contributed by atoms with van der Waals surface area (Å²) in [6, 6.07) is 20.6. The minimum absolute atomic E-state index is 0.0433. The van der Waals surface area contributed by atoms with Gasteiger partial charge in [-0.25, -0.2) is 0 Å². The smallest absolute Gasteiger partial charge is 0.240 e. The number of rotatable bonds is 6. The topological polar surface area (TPSA) is 46.5 Å². The van der Waals surface area contributed by atoms with E-state index < -0.39 is 0 Å². The molecule has 27 heavy (non-hydrogen) atoms. The Morgan fingerprint density at radius 3 is 2.56 bits per heavy atom. The Morgan fingerprint density at radius 1 is 1.00 bits per heavy atom. The molecule has 0 unspecified atom stereocenters. The Morgan fingerprint density at radius 2 is 1.74 bits per heavy atom. The molecule has 5 heteroatoms. The number of carbonyl (C=O) groups is 1. The van der Waals surface area contributed by atoms with Crippen LogP contribution in [0.15, 0.2) is 60.7 Å². The second-order valence-electron chi connectivity index (χ2n) is 6.84. The molecule has 1 amide bonds. The molecule has 0 spiro atoms. The van der Waals surface area contributed by atoms with Crippen LogP contribution in [0.5, 0.6) is 0 Å². The number of hydrogen-bond donors (Lipinski definition) is 1. The maximum absolute atomic E-state index is 12.6. The average molecular weight is 363 g/mol. The van der Waals surface area contributed by atoms with Crippen molar-refractivity contribution in [2.45, 2.75) is 6.54 Å². The van der Waals surface area contributed by atoms with Crippen LogP contribution in [0.25, 0.3) is 22.2 Å². The lowest BCUT2D eigenvalue weighted by atomic mass is 10.1. The summed E-state index contributed by atoms with van der Waals surface area (Å²) in [5.74, 6) is 0.0433. The normalized spacial score (nSPS) is 15.1. The number of para-hydroxylation sites is 1. The van der Waals surface area contributed by atoms with E-state index in [1.54, 1.807) is 0 Å². The predicted molar refractivity (Wildman–Crippen MR) is 108 cm³/mol. The molecule has 1 fully saturated rings. The van der Waals surface area contributed by atoms with Crippen molar-refractivity contribution in [1.82, 2.24) is 14.8 Å². The van der Waals surface area contributed by atoms with Crippen LogP contribution in [-0.2, 0) is 16.1 Å². The molecule has 0 bridgehead atoms. The van der Waals surface area contributed by atoms with Gasteiger partial charge in [-0.15, -0.1) is 0 Å². The van der Waals surface area contributed by atoms with E-state index in [1.165, 1.54) is 0 Å². The number of morpholine rings is 1. The lowest BCUT2D eigenvalue weighted by Gasteiger charge is -2.26. The van der Waals surface area contributed by atoms with Crippen molar-refractivity contribution in [3.05, 3.63) is 60.7 Å². The van der Waals surface area contributed by atoms with Gasteiger partial charge in [-0.2, -0.15) is 0 Å². The van der Waals surface area contributed by atoms with Crippen molar-refractivity contribution < 1.29 is 9.53 Å². The third-order valence-electron chi connectivity index (χ3n) is 5.04.